The topological polar surface area (TPSA) is 83.5 Å². The summed E-state index contributed by atoms with van der Waals surface area (Å²) in [7, 11) is 0. The molecule has 0 saturated heterocycles. The fourth-order valence-electron chi connectivity index (χ4n) is 0.279. The summed E-state index contributed by atoms with van der Waals surface area (Å²) in [6.45, 7) is -1.67. The number of halogens is 3. The van der Waals surface area contributed by atoms with Gasteiger partial charge >= 0.3 is 12.1 Å². The monoisotopic (exact) mass is 173 g/mol. The molecule has 0 saturated carbocycles. The van der Waals surface area contributed by atoms with Crippen LogP contribution in [0.3, 0.4) is 0 Å². The van der Waals surface area contributed by atoms with Gasteiger partial charge in [0, 0.05) is 0 Å². The van der Waals surface area contributed by atoms with Crippen molar-refractivity contribution in [1.82, 2.24) is 0 Å². The maximum Gasteiger partial charge on any atom is 0.419 e. The lowest BCUT2D eigenvalue weighted by Gasteiger charge is -2.24. The molecule has 4 nitrogen and oxygen atoms in total. The van der Waals surface area contributed by atoms with Crippen molar-refractivity contribution in [3.8, 4) is 0 Å². The number of alkyl halides is 3. The molecule has 0 fully saturated rings. The summed E-state index contributed by atoms with van der Waals surface area (Å²) in [5, 5.41) is 16.0. The van der Waals surface area contributed by atoms with E-state index in [0.717, 1.165) is 0 Å². The molecule has 66 valence electrons. The number of hydrogen-bond acceptors (Lipinski definition) is 3. The molecule has 0 spiro atoms. The molecule has 0 aromatic carbocycles. The lowest BCUT2D eigenvalue weighted by atomic mass is 10.0. The highest BCUT2D eigenvalue weighted by atomic mass is 19.4. The van der Waals surface area contributed by atoms with Crippen LogP contribution in [0.25, 0.3) is 0 Å². The highest BCUT2D eigenvalue weighted by molar-refractivity contribution is 5.79. The highest BCUT2D eigenvalue weighted by Gasteiger charge is 2.57. The third-order valence-corrected chi connectivity index (χ3v) is 1.14. The molecule has 0 heterocycles. The molecule has 1 atom stereocenters. The second kappa shape index (κ2) is 2.67. The van der Waals surface area contributed by atoms with Crippen LogP contribution in [0, 0.1) is 0 Å². The van der Waals surface area contributed by atoms with Crippen molar-refractivity contribution < 1.29 is 28.2 Å². The van der Waals surface area contributed by atoms with Gasteiger partial charge < -0.3 is 15.9 Å². The molecule has 0 aromatic heterocycles. The van der Waals surface area contributed by atoms with Crippen LogP contribution in [-0.2, 0) is 4.79 Å². The van der Waals surface area contributed by atoms with Gasteiger partial charge in [-0.3, -0.25) is 0 Å². The average Bonchev–Trinajstić information content (AvgIpc) is 1.83. The summed E-state index contributed by atoms with van der Waals surface area (Å²) >= 11 is 0. The van der Waals surface area contributed by atoms with Gasteiger partial charge in [0.25, 0.3) is 0 Å². The Morgan fingerprint density at radius 2 is 1.82 bits per heavy atom. The molecule has 0 aliphatic rings. The van der Waals surface area contributed by atoms with Gasteiger partial charge in [-0.1, -0.05) is 0 Å². The molecule has 0 bridgehead atoms. The highest BCUT2D eigenvalue weighted by Crippen LogP contribution is 2.27. The molecule has 0 amide bonds. The van der Waals surface area contributed by atoms with E-state index in [0.29, 0.717) is 0 Å². The standard InChI is InChI=1S/C4H6F3NO3/c5-4(6,7)3(8,1-9)2(10)11/h9H,1,8H2,(H,10,11). The number of carboxylic acids is 1. The normalized spacial score (nSPS) is 17.5. The van der Waals surface area contributed by atoms with Crippen molar-refractivity contribution in [2.45, 2.75) is 11.7 Å². The van der Waals surface area contributed by atoms with Crippen molar-refractivity contribution >= 4 is 5.97 Å². The lowest BCUT2D eigenvalue weighted by Crippen LogP contribution is -2.62. The average molecular weight is 173 g/mol. The molecule has 7 heteroatoms. The summed E-state index contributed by atoms with van der Waals surface area (Å²) in [5.41, 5.74) is 0.794. The van der Waals surface area contributed by atoms with Crippen LogP contribution in [0.2, 0.25) is 0 Å². The Morgan fingerprint density at radius 3 is 1.82 bits per heavy atom. The number of carbonyl (C=O) groups is 1. The van der Waals surface area contributed by atoms with Crippen molar-refractivity contribution in [2.75, 3.05) is 6.61 Å². The summed E-state index contributed by atoms with van der Waals surface area (Å²) in [4.78, 5) is 9.89. The molecule has 0 rings (SSSR count). The Bertz CT molecular complexity index is 168. The first-order chi connectivity index (χ1) is 4.75. The lowest BCUT2D eigenvalue weighted by molar-refractivity contribution is -0.208. The molecule has 1 unspecified atom stereocenters. The summed E-state index contributed by atoms with van der Waals surface area (Å²) in [5.74, 6) is -2.30. The van der Waals surface area contributed by atoms with Crippen molar-refractivity contribution in [3.05, 3.63) is 0 Å². The number of carboxylic acid groups (broad SMARTS) is 1. The van der Waals surface area contributed by atoms with Gasteiger partial charge in [-0.25, -0.2) is 4.79 Å². The minimum Gasteiger partial charge on any atom is -0.480 e. The maximum absolute atomic E-state index is 11.7. The minimum atomic E-state index is -5.15. The predicted molar refractivity (Wildman–Crippen MR) is 27.7 cm³/mol. The van der Waals surface area contributed by atoms with E-state index in [2.05, 4.69) is 5.73 Å². The van der Waals surface area contributed by atoms with Crippen LogP contribution < -0.4 is 5.73 Å². The van der Waals surface area contributed by atoms with Crippen molar-refractivity contribution in [1.29, 1.82) is 0 Å². The van der Waals surface area contributed by atoms with Crippen LogP contribution in [0.4, 0.5) is 13.2 Å². The zero-order valence-electron chi connectivity index (χ0n) is 5.22. The molecular weight excluding hydrogens is 167 g/mol. The minimum absolute atomic E-state index is 1.67. The number of aliphatic hydroxyl groups is 1. The third kappa shape index (κ3) is 1.60. The molecule has 0 aromatic rings. The number of nitrogens with two attached hydrogens (primary N) is 1. The van der Waals surface area contributed by atoms with E-state index in [1.54, 1.807) is 0 Å². The first kappa shape index (κ1) is 10.2. The van der Waals surface area contributed by atoms with E-state index in [-0.39, 0.29) is 0 Å². The first-order valence-corrected chi connectivity index (χ1v) is 2.45. The number of hydrogen-bond donors (Lipinski definition) is 3. The van der Waals surface area contributed by atoms with Crippen molar-refractivity contribution in [3.63, 3.8) is 0 Å². The summed E-state index contributed by atoms with van der Waals surface area (Å²) in [6, 6.07) is 0. The quantitative estimate of drug-likeness (QED) is 0.516. The molecule has 0 aliphatic carbocycles. The predicted octanol–water partition coefficient (Wildman–Crippen LogP) is -0.677. The van der Waals surface area contributed by atoms with Gasteiger partial charge in [-0.2, -0.15) is 13.2 Å². The SMILES string of the molecule is NC(CO)(C(=O)O)C(F)(F)F. The maximum atomic E-state index is 11.7. The van der Waals surface area contributed by atoms with E-state index in [9.17, 15) is 18.0 Å². The Labute approximate surface area is 59.4 Å². The summed E-state index contributed by atoms with van der Waals surface area (Å²) < 4.78 is 35.1. The Balaban J connectivity index is 4.75. The first-order valence-electron chi connectivity index (χ1n) is 2.45. The van der Waals surface area contributed by atoms with Gasteiger partial charge in [-0.05, 0) is 0 Å². The Hall–Kier alpha value is -0.820. The fraction of sp³-hybridized carbons (Fsp3) is 0.750. The van der Waals surface area contributed by atoms with Crippen LogP contribution in [-0.4, -0.2) is 34.5 Å². The van der Waals surface area contributed by atoms with Crippen LogP contribution in [0.15, 0.2) is 0 Å². The van der Waals surface area contributed by atoms with Crippen molar-refractivity contribution in [2.24, 2.45) is 5.73 Å². The van der Waals surface area contributed by atoms with Crippen LogP contribution in [0.5, 0.6) is 0 Å². The number of rotatable bonds is 2. The smallest absolute Gasteiger partial charge is 0.419 e. The van der Waals surface area contributed by atoms with Crippen LogP contribution in [0.1, 0.15) is 0 Å². The molecular formula is C4H6F3NO3. The third-order valence-electron chi connectivity index (χ3n) is 1.14. The van der Waals surface area contributed by atoms with Gasteiger partial charge in [0.1, 0.15) is 0 Å². The molecule has 11 heavy (non-hydrogen) atoms. The van der Waals surface area contributed by atoms with E-state index >= 15 is 0 Å². The second-order valence-electron chi connectivity index (χ2n) is 1.93. The van der Waals surface area contributed by atoms with E-state index in [1.807, 2.05) is 0 Å². The van der Waals surface area contributed by atoms with Gasteiger partial charge in [-0.15, -0.1) is 0 Å². The molecule has 0 radical (unpaired) electrons. The van der Waals surface area contributed by atoms with E-state index in [1.165, 1.54) is 0 Å². The van der Waals surface area contributed by atoms with Gasteiger partial charge in [0.2, 0.25) is 5.54 Å². The largest absolute Gasteiger partial charge is 0.480 e. The molecule has 4 N–H and O–H groups in total. The van der Waals surface area contributed by atoms with Gasteiger partial charge in [0.05, 0.1) is 6.61 Å². The fourth-order valence-corrected chi connectivity index (χ4v) is 0.279. The Kier molecular flexibility index (Phi) is 2.47. The summed E-state index contributed by atoms with van der Waals surface area (Å²) in [6.07, 6.45) is -5.15. The van der Waals surface area contributed by atoms with E-state index < -0.39 is 24.3 Å². The Morgan fingerprint density at radius 1 is 1.45 bits per heavy atom. The zero-order valence-corrected chi connectivity index (χ0v) is 5.22. The van der Waals surface area contributed by atoms with E-state index in [4.69, 9.17) is 10.2 Å². The number of aliphatic carboxylic acids is 1. The van der Waals surface area contributed by atoms with Gasteiger partial charge in [0.15, 0.2) is 0 Å². The second-order valence-corrected chi connectivity index (χ2v) is 1.93. The zero-order chi connectivity index (χ0) is 9.28. The molecule has 0 aliphatic heterocycles. The number of aliphatic hydroxyl groups excluding tert-OH is 1. The van der Waals surface area contributed by atoms with Crippen LogP contribution >= 0.6 is 0 Å².